The monoisotopic (exact) mass is 374 g/mol. The van der Waals surface area contributed by atoms with E-state index >= 15 is 0 Å². The Morgan fingerprint density at radius 2 is 2.04 bits per heavy atom. The van der Waals surface area contributed by atoms with Crippen LogP contribution in [0, 0.1) is 13.8 Å². The van der Waals surface area contributed by atoms with Gasteiger partial charge in [-0.2, -0.15) is 10.2 Å². The molecule has 1 aliphatic heterocycles. The van der Waals surface area contributed by atoms with Gasteiger partial charge in [0.2, 0.25) is 5.91 Å². The summed E-state index contributed by atoms with van der Waals surface area (Å²) in [6.07, 6.45) is -0.805. The summed E-state index contributed by atoms with van der Waals surface area (Å²) in [6, 6.07) is 1.93. The molecule has 1 atom stereocenters. The molecule has 27 heavy (non-hydrogen) atoms. The molecule has 3 rings (SSSR count). The minimum absolute atomic E-state index is 0.0573. The lowest BCUT2D eigenvalue weighted by molar-refractivity contribution is -0.130. The zero-order chi connectivity index (χ0) is 19.7. The van der Waals surface area contributed by atoms with E-state index in [1.54, 1.807) is 14.1 Å². The number of aryl methyl sites for hydroxylation is 2. The lowest BCUT2D eigenvalue weighted by atomic mass is 10.1. The van der Waals surface area contributed by atoms with Gasteiger partial charge in [0.15, 0.2) is 0 Å². The third kappa shape index (κ3) is 4.06. The van der Waals surface area contributed by atoms with Gasteiger partial charge in [0.1, 0.15) is 6.10 Å². The lowest BCUT2D eigenvalue weighted by Crippen LogP contribution is -2.33. The Morgan fingerprint density at radius 3 is 2.67 bits per heavy atom. The highest BCUT2D eigenvalue weighted by Crippen LogP contribution is 2.23. The maximum Gasteiger partial charge on any atom is 0.225 e. The molecule has 0 spiro atoms. The molecule has 148 valence electrons. The van der Waals surface area contributed by atoms with Crippen molar-refractivity contribution in [2.24, 2.45) is 0 Å². The van der Waals surface area contributed by atoms with E-state index in [0.29, 0.717) is 5.69 Å². The number of aromatic nitrogens is 4. The molecule has 1 N–H and O–H groups in total. The SMILES string of the molecule is CCn1nc(C)c(CN2CCn3nc(C(O)CC(=O)N(C)C)cc3C2)c1C. The van der Waals surface area contributed by atoms with Gasteiger partial charge in [-0.15, -0.1) is 0 Å². The minimum Gasteiger partial charge on any atom is -0.386 e. The predicted molar refractivity (Wildman–Crippen MR) is 102 cm³/mol. The molecule has 0 fully saturated rings. The van der Waals surface area contributed by atoms with E-state index in [0.717, 1.165) is 44.1 Å². The summed E-state index contributed by atoms with van der Waals surface area (Å²) in [5.41, 5.74) is 5.26. The fourth-order valence-corrected chi connectivity index (χ4v) is 3.59. The third-order valence-corrected chi connectivity index (χ3v) is 5.32. The smallest absolute Gasteiger partial charge is 0.225 e. The summed E-state index contributed by atoms with van der Waals surface area (Å²) < 4.78 is 4.00. The van der Waals surface area contributed by atoms with Gasteiger partial charge in [-0.1, -0.05) is 0 Å². The van der Waals surface area contributed by atoms with Crippen molar-refractivity contribution in [1.29, 1.82) is 0 Å². The molecule has 0 aliphatic carbocycles. The molecule has 0 bridgehead atoms. The Bertz CT molecular complexity index is 823. The Kier molecular flexibility index (Phi) is 5.67. The zero-order valence-electron chi connectivity index (χ0n) is 16.9. The fraction of sp³-hybridized carbons (Fsp3) is 0.632. The molecule has 0 saturated heterocycles. The number of fused-ring (bicyclic) bond motifs is 1. The van der Waals surface area contributed by atoms with Crippen LogP contribution < -0.4 is 0 Å². The lowest BCUT2D eigenvalue weighted by Gasteiger charge is -2.27. The van der Waals surface area contributed by atoms with Gasteiger partial charge < -0.3 is 10.0 Å². The number of hydrogen-bond donors (Lipinski definition) is 1. The van der Waals surface area contributed by atoms with Gasteiger partial charge in [0, 0.05) is 51.5 Å². The van der Waals surface area contributed by atoms with Crippen LogP contribution in [-0.4, -0.2) is 61.0 Å². The van der Waals surface area contributed by atoms with Crippen molar-refractivity contribution in [3.63, 3.8) is 0 Å². The Labute approximate surface area is 160 Å². The van der Waals surface area contributed by atoms with Crippen LogP contribution in [0.3, 0.4) is 0 Å². The van der Waals surface area contributed by atoms with Crippen LogP contribution in [0.5, 0.6) is 0 Å². The van der Waals surface area contributed by atoms with Gasteiger partial charge in [0.05, 0.1) is 30.0 Å². The van der Waals surface area contributed by atoms with Gasteiger partial charge in [0.25, 0.3) is 0 Å². The average molecular weight is 374 g/mol. The molecule has 0 radical (unpaired) electrons. The molecule has 3 heterocycles. The van der Waals surface area contributed by atoms with E-state index in [1.807, 2.05) is 10.7 Å². The summed E-state index contributed by atoms with van der Waals surface area (Å²) in [4.78, 5) is 15.7. The first-order chi connectivity index (χ1) is 12.8. The molecule has 2 aromatic heterocycles. The first kappa shape index (κ1) is 19.6. The highest BCUT2D eigenvalue weighted by Gasteiger charge is 2.24. The van der Waals surface area contributed by atoms with Crippen LogP contribution in [-0.2, 0) is 31.0 Å². The second-order valence-corrected chi connectivity index (χ2v) is 7.47. The number of nitrogens with zero attached hydrogens (tertiary/aromatic N) is 6. The number of hydrogen-bond acceptors (Lipinski definition) is 5. The van der Waals surface area contributed by atoms with Gasteiger partial charge >= 0.3 is 0 Å². The van der Waals surface area contributed by atoms with E-state index in [9.17, 15) is 9.90 Å². The van der Waals surface area contributed by atoms with Gasteiger partial charge in [-0.3, -0.25) is 19.1 Å². The van der Waals surface area contributed by atoms with Crippen molar-refractivity contribution in [2.45, 2.75) is 59.5 Å². The van der Waals surface area contributed by atoms with E-state index in [4.69, 9.17) is 0 Å². The summed E-state index contributed by atoms with van der Waals surface area (Å²) in [6.45, 7) is 10.5. The Hall–Kier alpha value is -2.19. The molecule has 1 amide bonds. The number of amides is 1. The molecule has 0 aromatic carbocycles. The number of aliphatic hydroxyl groups excluding tert-OH is 1. The van der Waals surface area contributed by atoms with Crippen LogP contribution in [0.4, 0.5) is 0 Å². The summed E-state index contributed by atoms with van der Waals surface area (Å²) in [7, 11) is 3.38. The number of carbonyl (C=O) groups excluding carboxylic acids is 1. The Morgan fingerprint density at radius 1 is 1.30 bits per heavy atom. The molecule has 1 aliphatic rings. The topological polar surface area (TPSA) is 79.4 Å². The number of carbonyl (C=O) groups is 1. The van der Waals surface area contributed by atoms with Crippen LogP contribution >= 0.6 is 0 Å². The van der Waals surface area contributed by atoms with Crippen molar-refractivity contribution >= 4 is 5.91 Å². The largest absolute Gasteiger partial charge is 0.386 e. The van der Waals surface area contributed by atoms with Crippen molar-refractivity contribution in [2.75, 3.05) is 20.6 Å². The van der Waals surface area contributed by atoms with E-state index in [-0.39, 0.29) is 12.3 Å². The van der Waals surface area contributed by atoms with Crippen molar-refractivity contribution < 1.29 is 9.90 Å². The van der Waals surface area contributed by atoms with E-state index < -0.39 is 6.10 Å². The maximum absolute atomic E-state index is 11.8. The summed E-state index contributed by atoms with van der Waals surface area (Å²) in [5.74, 6) is -0.103. The van der Waals surface area contributed by atoms with Crippen LogP contribution in [0.15, 0.2) is 6.07 Å². The third-order valence-electron chi connectivity index (χ3n) is 5.32. The van der Waals surface area contributed by atoms with E-state index in [2.05, 4.69) is 40.6 Å². The second-order valence-electron chi connectivity index (χ2n) is 7.47. The molecular formula is C19H30N6O2. The fourth-order valence-electron chi connectivity index (χ4n) is 3.59. The normalized spacial score (nSPS) is 15.6. The standard InChI is InChI=1S/C19H30N6O2/c1-6-24-14(3)16(13(2)20-24)12-23-7-8-25-15(11-23)9-17(21-25)18(26)10-19(27)22(4)5/h9,18,26H,6-8,10-12H2,1-5H3. The Balaban J connectivity index is 1.69. The molecule has 0 saturated carbocycles. The average Bonchev–Trinajstić information content (AvgIpc) is 3.17. The second kappa shape index (κ2) is 7.82. The maximum atomic E-state index is 11.8. The molecule has 2 aromatic rings. The minimum atomic E-state index is -0.862. The highest BCUT2D eigenvalue weighted by molar-refractivity contribution is 5.76. The van der Waals surface area contributed by atoms with Crippen molar-refractivity contribution in [3.05, 3.63) is 34.4 Å². The first-order valence-electron chi connectivity index (χ1n) is 9.50. The van der Waals surface area contributed by atoms with Gasteiger partial charge in [-0.25, -0.2) is 0 Å². The molecular weight excluding hydrogens is 344 g/mol. The molecule has 1 unspecified atom stereocenters. The molecule has 8 nitrogen and oxygen atoms in total. The van der Waals surface area contributed by atoms with Gasteiger partial charge in [-0.05, 0) is 26.8 Å². The van der Waals surface area contributed by atoms with Crippen LogP contribution in [0.2, 0.25) is 0 Å². The first-order valence-corrected chi connectivity index (χ1v) is 9.50. The predicted octanol–water partition coefficient (Wildman–Crippen LogP) is 1.24. The highest BCUT2D eigenvalue weighted by atomic mass is 16.3. The van der Waals surface area contributed by atoms with Crippen LogP contribution in [0.25, 0.3) is 0 Å². The van der Waals surface area contributed by atoms with Crippen molar-refractivity contribution in [3.8, 4) is 0 Å². The number of aliphatic hydroxyl groups is 1. The zero-order valence-corrected chi connectivity index (χ0v) is 16.9. The quantitative estimate of drug-likeness (QED) is 0.823. The summed E-state index contributed by atoms with van der Waals surface area (Å²) >= 11 is 0. The summed E-state index contributed by atoms with van der Waals surface area (Å²) in [5, 5.41) is 19.5. The van der Waals surface area contributed by atoms with E-state index in [1.165, 1.54) is 16.2 Å². The van der Waals surface area contributed by atoms with Crippen molar-refractivity contribution in [1.82, 2.24) is 29.4 Å². The van der Waals surface area contributed by atoms with Crippen LogP contribution in [0.1, 0.15) is 47.8 Å². The number of rotatable bonds is 6. The molecule has 8 heteroatoms.